The highest BCUT2D eigenvalue weighted by Crippen LogP contribution is 2.64. The zero-order valence-corrected chi connectivity index (χ0v) is 44.6. The lowest BCUT2D eigenvalue weighted by molar-refractivity contribution is 0.600. The summed E-state index contributed by atoms with van der Waals surface area (Å²) in [5.41, 5.74) is 30.9. The molecule has 0 saturated carbocycles. The lowest BCUT2D eigenvalue weighted by Gasteiger charge is -2.32. The van der Waals surface area contributed by atoms with Crippen LogP contribution in [0.4, 0.5) is 17.1 Å². The summed E-state index contributed by atoms with van der Waals surface area (Å²) in [5, 5.41) is 4.74. The molecule has 0 saturated heterocycles. The van der Waals surface area contributed by atoms with E-state index < -0.39 is 0 Å². The third-order valence-corrected chi connectivity index (χ3v) is 18.9. The first kappa shape index (κ1) is 43.9. The van der Waals surface area contributed by atoms with E-state index in [1.165, 1.54) is 116 Å². The van der Waals surface area contributed by atoms with Crippen LogP contribution in [0.15, 0.2) is 191 Å². The van der Waals surface area contributed by atoms with Gasteiger partial charge in [-0.25, -0.2) is 0 Å². The fraction of sp³-hybridized carbons (Fsp3) is 0.178. The molecule has 10 aromatic carbocycles. The van der Waals surface area contributed by atoms with E-state index in [2.05, 4.69) is 249 Å². The number of nitrogens with zero attached hydrogens (tertiary/aromatic N) is 1. The minimum absolute atomic E-state index is 0.121. The van der Waals surface area contributed by atoms with Gasteiger partial charge in [-0.15, -0.1) is 0 Å². The number of hydrogen-bond acceptors (Lipinski definition) is 3. The minimum atomic E-state index is -0.335. The van der Waals surface area contributed by atoms with E-state index in [4.69, 9.17) is 8.83 Å². The van der Waals surface area contributed by atoms with E-state index in [1.807, 2.05) is 0 Å². The molecular weight excluding hydrogens is 923 g/mol. The van der Waals surface area contributed by atoms with Crippen LogP contribution < -0.4 is 4.90 Å². The van der Waals surface area contributed by atoms with Crippen LogP contribution in [0.2, 0.25) is 0 Å². The van der Waals surface area contributed by atoms with Gasteiger partial charge in [0, 0.05) is 71.4 Å². The maximum atomic E-state index is 7.02. The third kappa shape index (κ3) is 5.43. The van der Waals surface area contributed by atoms with Crippen molar-refractivity contribution in [2.75, 3.05) is 4.90 Å². The van der Waals surface area contributed by atoms with Crippen LogP contribution in [0.1, 0.15) is 105 Å². The van der Waals surface area contributed by atoms with Crippen molar-refractivity contribution in [1.29, 1.82) is 0 Å². The lowest BCUT2D eigenvalue weighted by Crippen LogP contribution is -2.24. The largest absolute Gasteiger partial charge is 0.455 e. The Balaban J connectivity index is 0.885. The van der Waals surface area contributed by atoms with E-state index in [0.29, 0.717) is 0 Å². The number of para-hydroxylation sites is 2. The van der Waals surface area contributed by atoms with Gasteiger partial charge < -0.3 is 13.7 Å². The first-order valence-corrected chi connectivity index (χ1v) is 27.2. The molecule has 3 heteroatoms. The van der Waals surface area contributed by atoms with E-state index in [-0.39, 0.29) is 21.7 Å². The molecule has 16 rings (SSSR count). The molecule has 0 radical (unpaired) electrons. The Hall–Kier alpha value is -8.40. The van der Waals surface area contributed by atoms with Crippen LogP contribution in [0.3, 0.4) is 0 Å². The summed E-state index contributed by atoms with van der Waals surface area (Å²) in [6, 6.07) is 68.3. The molecule has 4 aliphatic carbocycles. The van der Waals surface area contributed by atoms with E-state index >= 15 is 0 Å². The number of fused-ring (bicyclic) bond motifs is 22. The summed E-state index contributed by atoms with van der Waals surface area (Å²) in [5.74, 6) is 0. The number of benzene rings is 10. The van der Waals surface area contributed by atoms with Crippen molar-refractivity contribution in [2.24, 2.45) is 0 Å². The minimum Gasteiger partial charge on any atom is -0.455 e. The first-order chi connectivity index (χ1) is 36.6. The fourth-order valence-corrected chi connectivity index (χ4v) is 15.1. The SMILES string of the molecule is Cc1ccc(N(c2ccc3c(c2)C(C)(C)c2cc(-c4ccc5c(c4)C(C)(C)c4ccccc4-5)c4oc5ccccc5c4c2-3)c2ccc3c(c2)C(C)(C)c2c4c(c5oc6ccccc6c5c2-3)-c2ccccc2C4(C)C)cc1. The van der Waals surface area contributed by atoms with Crippen LogP contribution in [0, 0.1) is 6.92 Å². The van der Waals surface area contributed by atoms with Crippen molar-refractivity contribution >= 4 is 60.9 Å². The second kappa shape index (κ2) is 14.5. The highest BCUT2D eigenvalue weighted by molar-refractivity contribution is 6.21. The van der Waals surface area contributed by atoms with Crippen molar-refractivity contribution in [2.45, 2.75) is 84.0 Å². The number of rotatable bonds is 4. The predicted octanol–water partition coefficient (Wildman–Crippen LogP) is 20.2. The molecule has 0 fully saturated rings. The van der Waals surface area contributed by atoms with Gasteiger partial charge in [-0.05, 0) is 157 Å². The second-order valence-electron chi connectivity index (χ2n) is 24.4. The number of aryl methyl sites for hydroxylation is 1. The normalized spacial score (nSPS) is 16.1. The van der Waals surface area contributed by atoms with Crippen LogP contribution in [0.25, 0.3) is 99.5 Å². The van der Waals surface area contributed by atoms with Gasteiger partial charge in [0.25, 0.3) is 0 Å². The van der Waals surface area contributed by atoms with Crippen LogP contribution in [-0.4, -0.2) is 0 Å². The maximum Gasteiger partial charge on any atom is 0.144 e. The van der Waals surface area contributed by atoms with Crippen molar-refractivity contribution in [3.63, 3.8) is 0 Å². The van der Waals surface area contributed by atoms with E-state index in [0.717, 1.165) is 50.3 Å². The number of anilines is 3. The van der Waals surface area contributed by atoms with Crippen molar-refractivity contribution in [3.8, 4) is 55.6 Å². The molecule has 0 amide bonds. The molecule has 0 bridgehead atoms. The molecule has 0 unspecified atom stereocenters. The fourth-order valence-electron chi connectivity index (χ4n) is 15.1. The zero-order valence-electron chi connectivity index (χ0n) is 44.6. The highest BCUT2D eigenvalue weighted by atomic mass is 16.3. The zero-order chi connectivity index (χ0) is 51.5. The van der Waals surface area contributed by atoms with Gasteiger partial charge in [0.1, 0.15) is 22.3 Å². The molecule has 3 nitrogen and oxygen atoms in total. The van der Waals surface area contributed by atoms with Crippen LogP contribution in [0.5, 0.6) is 0 Å². The van der Waals surface area contributed by atoms with Gasteiger partial charge in [-0.3, -0.25) is 0 Å². The van der Waals surface area contributed by atoms with Crippen molar-refractivity contribution in [1.82, 2.24) is 0 Å². The van der Waals surface area contributed by atoms with Crippen molar-refractivity contribution in [3.05, 3.63) is 232 Å². The molecule has 0 N–H and O–H groups in total. The molecule has 2 aromatic heterocycles. The quantitative estimate of drug-likeness (QED) is 0.176. The molecule has 0 spiro atoms. The van der Waals surface area contributed by atoms with Gasteiger partial charge >= 0.3 is 0 Å². The summed E-state index contributed by atoms with van der Waals surface area (Å²) in [6.45, 7) is 21.5. The second-order valence-corrected chi connectivity index (χ2v) is 24.4. The van der Waals surface area contributed by atoms with E-state index in [1.54, 1.807) is 0 Å². The third-order valence-electron chi connectivity index (χ3n) is 18.9. The predicted molar refractivity (Wildman–Crippen MR) is 316 cm³/mol. The smallest absolute Gasteiger partial charge is 0.144 e. The lowest BCUT2D eigenvalue weighted by atomic mass is 9.72. The maximum absolute atomic E-state index is 7.02. The molecule has 2 heterocycles. The summed E-state index contributed by atoms with van der Waals surface area (Å²) in [7, 11) is 0. The average Bonchev–Trinajstić information content (AvgIpc) is 4.41. The van der Waals surface area contributed by atoms with Gasteiger partial charge in [-0.1, -0.05) is 182 Å². The van der Waals surface area contributed by atoms with Crippen molar-refractivity contribution < 1.29 is 8.83 Å². The van der Waals surface area contributed by atoms with Gasteiger partial charge in [0.2, 0.25) is 0 Å². The number of hydrogen-bond donors (Lipinski definition) is 0. The standard InChI is InChI=1S/C73H57NO2/c1-40-26-29-42(30-27-40)74(44-32-35-49-57(38-44)73(8,9)66-62(49)64-51-21-13-17-25-60(51)76-69(64)65-47-19-11-15-23-54(47)72(6,7)67(65)66)43-31-34-48-56(37-43)71(4,5)58-39-52(68-63(61(48)58)50-20-12-16-24-59(50)75-68)41-28-33-46-45-18-10-14-22-53(45)70(2,3)55(46)36-41/h10-39H,1-9H3. The molecule has 76 heavy (non-hydrogen) atoms. The Morgan fingerprint density at radius 3 is 1.47 bits per heavy atom. The Kier molecular flexibility index (Phi) is 8.38. The van der Waals surface area contributed by atoms with E-state index in [9.17, 15) is 0 Å². The van der Waals surface area contributed by atoms with Crippen LogP contribution in [-0.2, 0) is 21.7 Å². The Morgan fingerprint density at radius 2 is 0.789 bits per heavy atom. The number of furan rings is 2. The highest BCUT2D eigenvalue weighted by Gasteiger charge is 2.49. The molecular formula is C73H57NO2. The summed E-state index contributed by atoms with van der Waals surface area (Å²) >= 11 is 0. The molecule has 0 atom stereocenters. The summed E-state index contributed by atoms with van der Waals surface area (Å²) in [6.07, 6.45) is 0. The summed E-state index contributed by atoms with van der Waals surface area (Å²) in [4.78, 5) is 2.49. The Labute approximate surface area is 444 Å². The van der Waals surface area contributed by atoms with Gasteiger partial charge in [0.05, 0.1) is 0 Å². The average molecular weight is 980 g/mol. The molecule has 0 aliphatic heterocycles. The summed E-state index contributed by atoms with van der Waals surface area (Å²) < 4.78 is 14.0. The molecule has 366 valence electrons. The van der Waals surface area contributed by atoms with Crippen LogP contribution >= 0.6 is 0 Å². The first-order valence-electron chi connectivity index (χ1n) is 27.2. The topological polar surface area (TPSA) is 29.5 Å². The Morgan fingerprint density at radius 1 is 0.329 bits per heavy atom. The molecule has 4 aliphatic rings. The monoisotopic (exact) mass is 979 g/mol. The molecule has 12 aromatic rings. The van der Waals surface area contributed by atoms with Gasteiger partial charge in [-0.2, -0.15) is 0 Å². The Bertz CT molecular complexity index is 4590. The van der Waals surface area contributed by atoms with Gasteiger partial charge in [0.15, 0.2) is 0 Å².